The van der Waals surface area contributed by atoms with Crippen LogP contribution in [0.1, 0.15) is 19.3 Å². The summed E-state index contributed by atoms with van der Waals surface area (Å²) in [5.41, 5.74) is 0. The third-order valence-electron chi connectivity index (χ3n) is 2.74. The molecule has 0 aliphatic carbocycles. The second-order valence-electron chi connectivity index (χ2n) is 4.35. The van der Waals surface area contributed by atoms with Gasteiger partial charge < -0.3 is 10.2 Å². The number of sulfonamides is 1. The lowest BCUT2D eigenvalue weighted by Crippen LogP contribution is -2.41. The maximum Gasteiger partial charge on any atom is 0.389 e. The summed E-state index contributed by atoms with van der Waals surface area (Å²) in [6, 6.07) is -1.41. The van der Waals surface area contributed by atoms with Crippen LogP contribution in [0.25, 0.3) is 0 Å². The second kappa shape index (κ2) is 5.63. The van der Waals surface area contributed by atoms with Crippen LogP contribution in [0.2, 0.25) is 0 Å². The highest BCUT2D eigenvalue weighted by Gasteiger charge is 2.42. The Morgan fingerprint density at radius 1 is 1.37 bits per heavy atom. The van der Waals surface area contributed by atoms with Crippen LogP contribution in [0.15, 0.2) is 0 Å². The summed E-state index contributed by atoms with van der Waals surface area (Å²) >= 11 is 0. The standard InChI is InChI=1S/C9H14F3NO5S/c10-9(11,12)2-1-3-19(17,18)13-5-6(14)4-7(13)8(15)16/h6-7,14H,1-5H2,(H,15,16)/t6-,7+/m1/s1. The molecule has 1 fully saturated rings. The Hall–Kier alpha value is -0.870. The average Bonchev–Trinajstić information content (AvgIpc) is 2.58. The number of hydrogen-bond donors (Lipinski definition) is 2. The molecule has 1 aliphatic heterocycles. The van der Waals surface area contributed by atoms with E-state index in [1.54, 1.807) is 0 Å². The summed E-state index contributed by atoms with van der Waals surface area (Å²) in [4.78, 5) is 10.8. The van der Waals surface area contributed by atoms with Gasteiger partial charge in [-0.05, 0) is 6.42 Å². The molecule has 1 heterocycles. The number of carboxylic acids is 1. The number of aliphatic carboxylic acids is 1. The summed E-state index contributed by atoms with van der Waals surface area (Å²) in [6.07, 6.45) is -7.70. The van der Waals surface area contributed by atoms with E-state index in [4.69, 9.17) is 5.11 Å². The summed E-state index contributed by atoms with van der Waals surface area (Å²) in [5.74, 6) is -2.21. The summed E-state index contributed by atoms with van der Waals surface area (Å²) in [7, 11) is -4.12. The molecular weight excluding hydrogens is 291 g/mol. The van der Waals surface area contributed by atoms with E-state index >= 15 is 0 Å². The number of halogens is 3. The SMILES string of the molecule is O=C(O)[C@@H]1C[C@@H](O)CN1S(=O)(=O)CCCC(F)(F)F. The lowest BCUT2D eigenvalue weighted by Gasteiger charge is -2.20. The minimum Gasteiger partial charge on any atom is -0.480 e. The first kappa shape index (κ1) is 16.2. The van der Waals surface area contributed by atoms with Crippen molar-refractivity contribution >= 4 is 16.0 Å². The maximum absolute atomic E-state index is 11.9. The van der Waals surface area contributed by atoms with Crippen LogP contribution in [0.5, 0.6) is 0 Å². The van der Waals surface area contributed by atoms with Crippen LogP contribution in [-0.4, -0.2) is 59.5 Å². The molecule has 112 valence electrons. The molecule has 2 atom stereocenters. The van der Waals surface area contributed by atoms with E-state index in [-0.39, 0.29) is 6.42 Å². The van der Waals surface area contributed by atoms with Gasteiger partial charge in [-0.2, -0.15) is 17.5 Å². The molecular formula is C9H14F3NO5S. The van der Waals surface area contributed by atoms with Crippen LogP contribution in [0.4, 0.5) is 13.2 Å². The van der Waals surface area contributed by atoms with Crippen LogP contribution >= 0.6 is 0 Å². The van der Waals surface area contributed by atoms with Crippen molar-refractivity contribution < 1.29 is 36.6 Å². The maximum atomic E-state index is 11.9. The van der Waals surface area contributed by atoms with Gasteiger partial charge in [0.1, 0.15) is 6.04 Å². The fourth-order valence-corrected chi connectivity index (χ4v) is 3.60. The minimum atomic E-state index is -4.45. The van der Waals surface area contributed by atoms with Crippen molar-refractivity contribution in [2.75, 3.05) is 12.3 Å². The Morgan fingerprint density at radius 3 is 2.42 bits per heavy atom. The van der Waals surface area contributed by atoms with Crippen molar-refractivity contribution in [1.29, 1.82) is 0 Å². The summed E-state index contributed by atoms with van der Waals surface area (Å²) in [5, 5.41) is 18.1. The Balaban J connectivity index is 2.68. The number of β-amino-alcohol motifs (C(OH)–C–C–N with tert-alkyl or cyclic N) is 1. The number of rotatable bonds is 5. The van der Waals surface area contributed by atoms with Gasteiger partial charge in [-0.15, -0.1) is 0 Å². The van der Waals surface area contributed by atoms with E-state index in [1.807, 2.05) is 0 Å². The zero-order valence-corrected chi connectivity index (χ0v) is 10.6. The number of carboxylic acid groups (broad SMARTS) is 1. The number of hydrogen-bond acceptors (Lipinski definition) is 4. The van der Waals surface area contributed by atoms with Crippen LogP contribution < -0.4 is 0 Å². The molecule has 19 heavy (non-hydrogen) atoms. The molecule has 1 saturated heterocycles. The fraction of sp³-hybridized carbons (Fsp3) is 0.889. The molecule has 0 aromatic carbocycles. The van der Waals surface area contributed by atoms with Crippen molar-refractivity contribution in [3.05, 3.63) is 0 Å². The third kappa shape index (κ3) is 4.62. The summed E-state index contributed by atoms with van der Waals surface area (Å²) < 4.78 is 59.9. The lowest BCUT2D eigenvalue weighted by molar-refractivity contribution is -0.141. The smallest absolute Gasteiger partial charge is 0.389 e. The Kier molecular flexibility index (Phi) is 4.80. The molecule has 0 bridgehead atoms. The van der Waals surface area contributed by atoms with Gasteiger partial charge in [0.2, 0.25) is 10.0 Å². The first-order valence-electron chi connectivity index (χ1n) is 5.50. The van der Waals surface area contributed by atoms with Gasteiger partial charge >= 0.3 is 12.1 Å². The predicted molar refractivity (Wildman–Crippen MR) is 57.8 cm³/mol. The average molecular weight is 305 g/mol. The first-order valence-corrected chi connectivity index (χ1v) is 7.11. The molecule has 0 radical (unpaired) electrons. The van der Waals surface area contributed by atoms with Crippen LogP contribution in [-0.2, 0) is 14.8 Å². The van der Waals surface area contributed by atoms with E-state index in [1.165, 1.54) is 0 Å². The molecule has 0 saturated carbocycles. The van der Waals surface area contributed by atoms with E-state index < -0.39 is 59.5 Å². The molecule has 0 aromatic rings. The number of nitrogens with zero attached hydrogens (tertiary/aromatic N) is 1. The van der Waals surface area contributed by atoms with Gasteiger partial charge in [-0.3, -0.25) is 4.79 Å². The van der Waals surface area contributed by atoms with Gasteiger partial charge in [0, 0.05) is 19.4 Å². The molecule has 2 N–H and O–H groups in total. The number of aliphatic hydroxyl groups is 1. The molecule has 0 aromatic heterocycles. The quantitative estimate of drug-likeness (QED) is 0.755. The molecule has 6 nitrogen and oxygen atoms in total. The number of aliphatic hydroxyl groups excluding tert-OH is 1. The molecule has 0 spiro atoms. The first-order chi connectivity index (χ1) is 8.53. The van der Waals surface area contributed by atoms with Crippen LogP contribution in [0, 0.1) is 0 Å². The number of carbonyl (C=O) groups is 1. The molecule has 0 unspecified atom stereocenters. The van der Waals surface area contributed by atoms with E-state index in [0.29, 0.717) is 4.31 Å². The number of alkyl halides is 3. The highest BCUT2D eigenvalue weighted by Crippen LogP contribution is 2.25. The normalized spacial score (nSPS) is 25.7. The third-order valence-corrected chi connectivity index (χ3v) is 4.66. The van der Waals surface area contributed by atoms with Crippen molar-refractivity contribution in [3.63, 3.8) is 0 Å². The van der Waals surface area contributed by atoms with Crippen molar-refractivity contribution in [2.45, 2.75) is 37.6 Å². The molecule has 1 rings (SSSR count). The largest absolute Gasteiger partial charge is 0.480 e. The van der Waals surface area contributed by atoms with Gasteiger partial charge in [0.05, 0.1) is 11.9 Å². The highest BCUT2D eigenvalue weighted by molar-refractivity contribution is 7.89. The zero-order valence-electron chi connectivity index (χ0n) is 9.80. The molecule has 10 heteroatoms. The van der Waals surface area contributed by atoms with Gasteiger partial charge in [-0.25, -0.2) is 8.42 Å². The van der Waals surface area contributed by atoms with E-state index in [9.17, 15) is 31.5 Å². The Bertz CT molecular complexity index is 436. The van der Waals surface area contributed by atoms with Gasteiger partial charge in [0.15, 0.2) is 0 Å². The highest BCUT2D eigenvalue weighted by atomic mass is 32.2. The van der Waals surface area contributed by atoms with Crippen molar-refractivity contribution in [2.24, 2.45) is 0 Å². The Labute approximate surface area is 107 Å². The molecule has 0 amide bonds. The topological polar surface area (TPSA) is 94.9 Å². The van der Waals surface area contributed by atoms with Crippen molar-refractivity contribution in [3.8, 4) is 0 Å². The van der Waals surface area contributed by atoms with E-state index in [0.717, 1.165) is 0 Å². The lowest BCUT2D eigenvalue weighted by atomic mass is 10.2. The Morgan fingerprint density at radius 2 is 1.95 bits per heavy atom. The van der Waals surface area contributed by atoms with Crippen molar-refractivity contribution in [1.82, 2.24) is 4.31 Å². The predicted octanol–water partition coefficient (Wildman–Crippen LogP) is 0.179. The monoisotopic (exact) mass is 305 g/mol. The second-order valence-corrected chi connectivity index (χ2v) is 6.39. The van der Waals surface area contributed by atoms with Gasteiger partial charge in [0.25, 0.3) is 0 Å². The van der Waals surface area contributed by atoms with E-state index in [2.05, 4.69) is 0 Å². The summed E-state index contributed by atoms with van der Waals surface area (Å²) in [6.45, 7) is -0.398. The van der Waals surface area contributed by atoms with Crippen LogP contribution in [0.3, 0.4) is 0 Å². The fourth-order valence-electron chi connectivity index (χ4n) is 1.89. The zero-order chi connectivity index (χ0) is 14.8. The van der Waals surface area contributed by atoms with Gasteiger partial charge in [-0.1, -0.05) is 0 Å². The molecule has 1 aliphatic rings. The minimum absolute atomic E-state index is 0.256.